The third-order valence-corrected chi connectivity index (χ3v) is 2.44. The number of hydroxylamine groups is 1. The van der Waals surface area contributed by atoms with Gasteiger partial charge in [-0.25, -0.2) is 0 Å². The molecule has 1 aliphatic heterocycles. The van der Waals surface area contributed by atoms with E-state index in [1.807, 2.05) is 7.05 Å². The van der Waals surface area contributed by atoms with E-state index >= 15 is 0 Å². The van der Waals surface area contributed by atoms with Crippen LogP contribution in [-0.2, 0) is 4.84 Å². The van der Waals surface area contributed by atoms with Crippen LogP contribution in [-0.4, -0.2) is 43.9 Å². The van der Waals surface area contributed by atoms with E-state index in [0.717, 1.165) is 32.4 Å². The van der Waals surface area contributed by atoms with Gasteiger partial charge in [0.25, 0.3) is 0 Å². The Labute approximate surface area is 87.5 Å². The maximum Gasteiger partial charge on any atom is 0.413 e. The highest BCUT2D eigenvalue weighted by Gasteiger charge is 2.28. The quantitative estimate of drug-likeness (QED) is 0.739. The van der Waals surface area contributed by atoms with Gasteiger partial charge >= 0.3 is 6.18 Å². The van der Waals surface area contributed by atoms with Crippen molar-refractivity contribution in [2.75, 3.05) is 26.7 Å². The number of alkyl halides is 3. The Morgan fingerprint density at radius 2 is 2.07 bits per heavy atom. The van der Waals surface area contributed by atoms with Crippen LogP contribution < -0.4 is 5.48 Å². The van der Waals surface area contributed by atoms with Crippen molar-refractivity contribution in [1.29, 1.82) is 0 Å². The summed E-state index contributed by atoms with van der Waals surface area (Å²) in [5, 5.41) is 0. The van der Waals surface area contributed by atoms with Crippen LogP contribution in [0.15, 0.2) is 0 Å². The zero-order valence-electron chi connectivity index (χ0n) is 8.81. The van der Waals surface area contributed by atoms with Crippen molar-refractivity contribution in [3.8, 4) is 0 Å². The minimum atomic E-state index is -4.26. The van der Waals surface area contributed by atoms with Gasteiger partial charge in [-0.05, 0) is 39.4 Å². The Morgan fingerprint density at radius 1 is 1.33 bits per heavy atom. The fourth-order valence-corrected chi connectivity index (χ4v) is 1.60. The number of hydrogen-bond donors (Lipinski definition) is 1. The van der Waals surface area contributed by atoms with Crippen molar-refractivity contribution in [3.63, 3.8) is 0 Å². The number of nitrogens with zero attached hydrogens (tertiary/aromatic N) is 1. The lowest BCUT2D eigenvalue weighted by Gasteiger charge is -2.17. The van der Waals surface area contributed by atoms with Crippen LogP contribution in [0.2, 0.25) is 0 Å². The van der Waals surface area contributed by atoms with Crippen molar-refractivity contribution in [2.24, 2.45) is 0 Å². The number of rotatable bonds is 3. The van der Waals surface area contributed by atoms with E-state index in [4.69, 9.17) is 0 Å². The molecule has 0 aromatic carbocycles. The van der Waals surface area contributed by atoms with E-state index in [2.05, 4.69) is 15.2 Å². The molecular formula is C9H17F3N2O. The van der Waals surface area contributed by atoms with Gasteiger partial charge in [0.15, 0.2) is 6.61 Å². The van der Waals surface area contributed by atoms with E-state index < -0.39 is 12.8 Å². The average molecular weight is 226 g/mol. The van der Waals surface area contributed by atoms with Gasteiger partial charge in [0.1, 0.15) is 0 Å². The summed E-state index contributed by atoms with van der Waals surface area (Å²) in [7, 11) is 2.01. The largest absolute Gasteiger partial charge is 0.413 e. The first kappa shape index (κ1) is 12.7. The lowest BCUT2D eigenvalue weighted by atomic mass is 10.1. The molecule has 90 valence electrons. The van der Waals surface area contributed by atoms with Crippen molar-refractivity contribution in [3.05, 3.63) is 0 Å². The monoisotopic (exact) mass is 226 g/mol. The summed E-state index contributed by atoms with van der Waals surface area (Å²) < 4.78 is 35.3. The molecule has 0 radical (unpaired) electrons. The van der Waals surface area contributed by atoms with Crippen LogP contribution in [0, 0.1) is 0 Å². The standard InChI is InChI=1S/C9H17F3N2O/c1-14-5-2-3-8(4-6-14)13-15-7-9(10,11)12/h8,13H,2-7H2,1H3. The van der Waals surface area contributed by atoms with Crippen LogP contribution in [0.5, 0.6) is 0 Å². The summed E-state index contributed by atoms with van der Waals surface area (Å²) in [5.41, 5.74) is 2.49. The maximum atomic E-state index is 11.8. The van der Waals surface area contributed by atoms with Gasteiger partial charge in [-0.2, -0.15) is 18.7 Å². The Kier molecular flexibility index (Phi) is 4.82. The first-order chi connectivity index (χ1) is 6.97. The molecule has 6 heteroatoms. The summed E-state index contributed by atoms with van der Waals surface area (Å²) in [6.45, 7) is 0.670. The summed E-state index contributed by atoms with van der Waals surface area (Å²) in [5.74, 6) is 0. The van der Waals surface area contributed by atoms with Gasteiger partial charge in [0.05, 0.1) is 0 Å². The summed E-state index contributed by atoms with van der Waals surface area (Å²) in [6, 6.07) is 0.0392. The van der Waals surface area contributed by atoms with Crippen LogP contribution in [0.1, 0.15) is 19.3 Å². The molecule has 0 aliphatic carbocycles. The van der Waals surface area contributed by atoms with E-state index in [-0.39, 0.29) is 6.04 Å². The maximum absolute atomic E-state index is 11.8. The highest BCUT2D eigenvalue weighted by molar-refractivity contribution is 4.70. The van der Waals surface area contributed by atoms with Crippen molar-refractivity contribution in [1.82, 2.24) is 10.4 Å². The van der Waals surface area contributed by atoms with Gasteiger partial charge in [0, 0.05) is 6.04 Å². The minimum absolute atomic E-state index is 0.0392. The van der Waals surface area contributed by atoms with E-state index in [9.17, 15) is 13.2 Å². The molecule has 1 fully saturated rings. The number of hydrogen-bond acceptors (Lipinski definition) is 3. The highest BCUT2D eigenvalue weighted by atomic mass is 19.4. The van der Waals surface area contributed by atoms with Crippen molar-refractivity contribution < 1.29 is 18.0 Å². The predicted molar refractivity (Wildman–Crippen MR) is 50.3 cm³/mol. The van der Waals surface area contributed by atoms with Gasteiger partial charge in [-0.1, -0.05) is 0 Å². The molecule has 1 rings (SSSR count). The van der Waals surface area contributed by atoms with E-state index in [1.54, 1.807) is 0 Å². The number of likely N-dealkylation sites (tertiary alicyclic amines) is 1. The second kappa shape index (κ2) is 5.67. The SMILES string of the molecule is CN1CCCC(NOCC(F)(F)F)CC1. The molecule has 0 aromatic heterocycles. The third kappa shape index (κ3) is 5.96. The molecule has 3 nitrogen and oxygen atoms in total. The third-order valence-electron chi connectivity index (χ3n) is 2.44. The smallest absolute Gasteiger partial charge is 0.306 e. The molecule has 1 saturated heterocycles. The lowest BCUT2D eigenvalue weighted by molar-refractivity contribution is -0.193. The first-order valence-corrected chi connectivity index (χ1v) is 5.10. The average Bonchev–Trinajstić information content (AvgIpc) is 2.29. The summed E-state index contributed by atoms with van der Waals surface area (Å²) in [4.78, 5) is 6.61. The van der Waals surface area contributed by atoms with Gasteiger partial charge in [0.2, 0.25) is 0 Å². The fraction of sp³-hybridized carbons (Fsp3) is 1.00. The molecule has 1 N–H and O–H groups in total. The lowest BCUT2D eigenvalue weighted by Crippen LogP contribution is -2.33. The van der Waals surface area contributed by atoms with Crippen molar-refractivity contribution >= 4 is 0 Å². The zero-order chi connectivity index (χ0) is 11.3. The molecule has 1 atom stereocenters. The minimum Gasteiger partial charge on any atom is -0.306 e. The van der Waals surface area contributed by atoms with Crippen LogP contribution >= 0.6 is 0 Å². The number of nitrogens with one attached hydrogen (secondary N) is 1. The predicted octanol–water partition coefficient (Wildman–Crippen LogP) is 1.55. The highest BCUT2D eigenvalue weighted by Crippen LogP contribution is 2.15. The van der Waals surface area contributed by atoms with Gasteiger partial charge < -0.3 is 4.90 Å². The van der Waals surface area contributed by atoms with Crippen LogP contribution in [0.3, 0.4) is 0 Å². The second-order valence-electron chi connectivity index (χ2n) is 3.95. The molecule has 15 heavy (non-hydrogen) atoms. The molecule has 1 heterocycles. The fourth-order valence-electron chi connectivity index (χ4n) is 1.60. The van der Waals surface area contributed by atoms with Crippen LogP contribution in [0.4, 0.5) is 13.2 Å². The summed E-state index contributed by atoms with van der Waals surface area (Å²) >= 11 is 0. The molecule has 0 saturated carbocycles. The molecule has 0 spiro atoms. The number of halogens is 3. The molecule has 1 aliphatic rings. The van der Waals surface area contributed by atoms with Gasteiger partial charge in [-0.3, -0.25) is 4.84 Å². The topological polar surface area (TPSA) is 24.5 Å². The molecular weight excluding hydrogens is 209 g/mol. The zero-order valence-corrected chi connectivity index (χ0v) is 8.81. The molecule has 0 bridgehead atoms. The Morgan fingerprint density at radius 3 is 2.73 bits per heavy atom. The molecule has 0 amide bonds. The van der Waals surface area contributed by atoms with Gasteiger partial charge in [-0.15, -0.1) is 0 Å². The van der Waals surface area contributed by atoms with E-state index in [1.165, 1.54) is 0 Å². The van der Waals surface area contributed by atoms with E-state index in [0.29, 0.717) is 0 Å². The van der Waals surface area contributed by atoms with Crippen molar-refractivity contribution in [2.45, 2.75) is 31.5 Å². The Balaban J connectivity index is 2.15. The normalized spacial score (nSPS) is 25.2. The Hall–Kier alpha value is -0.330. The first-order valence-electron chi connectivity index (χ1n) is 5.10. The second-order valence-corrected chi connectivity index (χ2v) is 3.95. The summed E-state index contributed by atoms with van der Waals surface area (Å²) in [6.07, 6.45) is -1.57. The Bertz CT molecular complexity index is 187. The molecule has 0 aromatic rings. The molecule has 1 unspecified atom stereocenters. The van der Waals surface area contributed by atoms with Crippen LogP contribution in [0.25, 0.3) is 0 Å².